The molecular formula is C18H17ClF2N2O6S2. The Kier molecular flexibility index (Phi) is 8.77. The number of hydrogen-bond acceptors (Lipinski definition) is 7. The van der Waals surface area contributed by atoms with Crippen molar-refractivity contribution in [1.82, 2.24) is 4.47 Å². The monoisotopic (exact) mass is 494 g/mol. The number of carbonyl (C=O) groups excluding carboxylic acids is 2. The van der Waals surface area contributed by atoms with Crippen molar-refractivity contribution in [3.63, 3.8) is 0 Å². The number of amides is 1. The predicted molar refractivity (Wildman–Crippen MR) is 111 cm³/mol. The first-order valence-corrected chi connectivity index (χ1v) is 11.1. The van der Waals surface area contributed by atoms with E-state index in [-0.39, 0.29) is 15.5 Å². The molecule has 0 aliphatic carbocycles. The standard InChI is InChI=1S/C18H17ClF2N2O6S2/c1-23(28-2)31(26,27)15-9-11(3-8-14(15)19)17(25)29-10-16(24)22-12-4-6-13(7-5-12)30-18(20)21/h3-9,18H,10H2,1-2H3,(H,22,24). The van der Waals surface area contributed by atoms with Crippen molar-refractivity contribution in [1.29, 1.82) is 0 Å². The van der Waals surface area contributed by atoms with E-state index in [1.54, 1.807) is 0 Å². The van der Waals surface area contributed by atoms with Gasteiger partial charge in [-0.2, -0.15) is 8.78 Å². The number of hydroxylamine groups is 1. The zero-order chi connectivity index (χ0) is 23.2. The van der Waals surface area contributed by atoms with Gasteiger partial charge in [-0.3, -0.25) is 9.63 Å². The highest BCUT2D eigenvalue weighted by Gasteiger charge is 2.25. The summed E-state index contributed by atoms with van der Waals surface area (Å²) in [6.07, 6.45) is 0. The van der Waals surface area contributed by atoms with Crippen LogP contribution in [0.15, 0.2) is 52.3 Å². The average Bonchev–Trinajstić information content (AvgIpc) is 2.72. The molecule has 2 aromatic rings. The van der Waals surface area contributed by atoms with Gasteiger partial charge in [-0.25, -0.2) is 13.2 Å². The third-order valence-corrected chi connectivity index (χ3v) is 6.62. The molecule has 0 aliphatic heterocycles. The lowest BCUT2D eigenvalue weighted by Crippen LogP contribution is -2.26. The summed E-state index contributed by atoms with van der Waals surface area (Å²) in [4.78, 5) is 28.8. The van der Waals surface area contributed by atoms with E-state index < -0.39 is 34.3 Å². The second kappa shape index (κ2) is 10.9. The number of nitrogens with one attached hydrogen (secondary N) is 1. The van der Waals surface area contributed by atoms with Crippen LogP contribution in [-0.4, -0.2) is 51.3 Å². The Hall–Kier alpha value is -2.25. The summed E-state index contributed by atoms with van der Waals surface area (Å²) in [5, 5.41) is 2.31. The summed E-state index contributed by atoms with van der Waals surface area (Å²) in [6, 6.07) is 9.12. The van der Waals surface area contributed by atoms with E-state index in [0.29, 0.717) is 26.8 Å². The summed E-state index contributed by atoms with van der Waals surface area (Å²) in [7, 11) is -1.82. The Morgan fingerprint density at radius 3 is 2.42 bits per heavy atom. The van der Waals surface area contributed by atoms with Crippen LogP contribution in [0.4, 0.5) is 14.5 Å². The van der Waals surface area contributed by atoms with Crippen molar-refractivity contribution < 1.29 is 36.4 Å². The number of alkyl halides is 2. The van der Waals surface area contributed by atoms with Crippen molar-refractivity contribution in [2.24, 2.45) is 0 Å². The molecule has 0 atom stereocenters. The van der Waals surface area contributed by atoms with Crippen LogP contribution in [0.2, 0.25) is 5.02 Å². The number of hydrogen-bond donors (Lipinski definition) is 1. The van der Waals surface area contributed by atoms with Crippen LogP contribution in [-0.2, 0) is 24.4 Å². The van der Waals surface area contributed by atoms with Crippen LogP contribution >= 0.6 is 23.4 Å². The van der Waals surface area contributed by atoms with E-state index in [1.165, 1.54) is 36.4 Å². The summed E-state index contributed by atoms with van der Waals surface area (Å²) in [6.45, 7) is -0.658. The van der Waals surface area contributed by atoms with Crippen LogP contribution in [0.1, 0.15) is 10.4 Å². The quantitative estimate of drug-likeness (QED) is 0.322. The first-order chi connectivity index (χ1) is 14.5. The molecule has 31 heavy (non-hydrogen) atoms. The van der Waals surface area contributed by atoms with Crippen molar-refractivity contribution in [2.75, 3.05) is 26.1 Å². The summed E-state index contributed by atoms with van der Waals surface area (Å²) < 4.78 is 54.8. The highest BCUT2D eigenvalue weighted by atomic mass is 35.5. The fraction of sp³-hybridized carbons (Fsp3) is 0.222. The molecule has 0 unspecified atom stereocenters. The minimum absolute atomic E-state index is 0.133. The summed E-state index contributed by atoms with van der Waals surface area (Å²) in [5.41, 5.74) is 0.177. The van der Waals surface area contributed by atoms with Crippen LogP contribution in [0.3, 0.4) is 0 Å². The van der Waals surface area contributed by atoms with Gasteiger partial charge in [0.25, 0.3) is 21.7 Å². The van der Waals surface area contributed by atoms with E-state index in [2.05, 4.69) is 10.2 Å². The Labute approximate surface area is 186 Å². The molecule has 0 aromatic heterocycles. The van der Waals surface area contributed by atoms with Gasteiger partial charge in [0, 0.05) is 17.6 Å². The smallest absolute Gasteiger partial charge is 0.338 e. The SMILES string of the molecule is CON(C)S(=O)(=O)c1cc(C(=O)OCC(=O)Nc2ccc(SC(F)F)cc2)ccc1Cl. The van der Waals surface area contributed by atoms with E-state index in [1.807, 2.05) is 0 Å². The number of halogens is 3. The fourth-order valence-electron chi connectivity index (χ4n) is 2.20. The number of thioether (sulfide) groups is 1. The molecule has 0 aliphatic rings. The number of benzene rings is 2. The van der Waals surface area contributed by atoms with Gasteiger partial charge in [-0.05, 0) is 42.5 Å². The molecule has 1 N–H and O–H groups in total. The van der Waals surface area contributed by atoms with Gasteiger partial charge in [0.2, 0.25) is 0 Å². The number of ether oxygens (including phenoxy) is 1. The lowest BCUT2D eigenvalue weighted by atomic mass is 10.2. The minimum atomic E-state index is -4.12. The molecule has 0 radical (unpaired) electrons. The number of anilines is 1. The van der Waals surface area contributed by atoms with E-state index >= 15 is 0 Å². The molecule has 0 bridgehead atoms. The second-order valence-electron chi connectivity index (χ2n) is 5.77. The zero-order valence-corrected chi connectivity index (χ0v) is 18.6. The molecule has 2 rings (SSSR count). The molecule has 8 nitrogen and oxygen atoms in total. The normalized spacial score (nSPS) is 11.6. The van der Waals surface area contributed by atoms with Crippen LogP contribution in [0.25, 0.3) is 0 Å². The van der Waals surface area contributed by atoms with Gasteiger partial charge >= 0.3 is 5.97 Å². The van der Waals surface area contributed by atoms with Gasteiger partial charge in [-0.1, -0.05) is 27.8 Å². The largest absolute Gasteiger partial charge is 0.452 e. The lowest BCUT2D eigenvalue weighted by molar-refractivity contribution is -0.119. The van der Waals surface area contributed by atoms with Crippen LogP contribution < -0.4 is 5.32 Å². The maximum atomic E-state index is 12.4. The minimum Gasteiger partial charge on any atom is -0.452 e. The maximum Gasteiger partial charge on any atom is 0.338 e. The van der Waals surface area contributed by atoms with Crippen molar-refractivity contribution >= 4 is 50.9 Å². The van der Waals surface area contributed by atoms with E-state index in [4.69, 9.17) is 16.3 Å². The fourth-order valence-corrected chi connectivity index (χ4v) is 4.17. The van der Waals surface area contributed by atoms with Gasteiger partial charge in [-0.15, -0.1) is 0 Å². The zero-order valence-electron chi connectivity index (χ0n) is 16.2. The molecule has 1 amide bonds. The van der Waals surface area contributed by atoms with E-state index in [0.717, 1.165) is 20.2 Å². The van der Waals surface area contributed by atoms with Gasteiger partial charge in [0.1, 0.15) is 4.90 Å². The Balaban J connectivity index is 2.01. The summed E-state index contributed by atoms with van der Waals surface area (Å²) in [5.74, 6) is -4.19. The lowest BCUT2D eigenvalue weighted by Gasteiger charge is -2.15. The van der Waals surface area contributed by atoms with Crippen molar-refractivity contribution in [3.8, 4) is 0 Å². The van der Waals surface area contributed by atoms with Crippen LogP contribution in [0.5, 0.6) is 0 Å². The third kappa shape index (κ3) is 6.87. The molecule has 0 heterocycles. The highest BCUT2D eigenvalue weighted by Crippen LogP contribution is 2.27. The first-order valence-electron chi connectivity index (χ1n) is 8.39. The Morgan fingerprint density at radius 1 is 1.19 bits per heavy atom. The Morgan fingerprint density at radius 2 is 1.84 bits per heavy atom. The summed E-state index contributed by atoms with van der Waals surface area (Å²) >= 11 is 6.29. The average molecular weight is 495 g/mol. The van der Waals surface area contributed by atoms with Crippen molar-refractivity contribution in [3.05, 3.63) is 53.1 Å². The Bertz CT molecular complexity index is 1050. The predicted octanol–water partition coefficient (Wildman–Crippen LogP) is 3.63. The molecule has 0 fully saturated rings. The number of sulfonamides is 1. The molecule has 168 valence electrons. The van der Waals surface area contributed by atoms with Gasteiger partial charge < -0.3 is 10.1 Å². The van der Waals surface area contributed by atoms with Gasteiger partial charge in [0.05, 0.1) is 17.7 Å². The molecule has 0 saturated carbocycles. The molecular weight excluding hydrogens is 478 g/mol. The number of rotatable bonds is 9. The highest BCUT2D eigenvalue weighted by molar-refractivity contribution is 7.99. The third-order valence-electron chi connectivity index (χ3n) is 3.74. The maximum absolute atomic E-state index is 12.4. The molecule has 0 saturated heterocycles. The first kappa shape index (κ1) is 25.0. The molecule has 0 spiro atoms. The van der Waals surface area contributed by atoms with Gasteiger partial charge in [0.15, 0.2) is 6.61 Å². The van der Waals surface area contributed by atoms with E-state index in [9.17, 15) is 26.8 Å². The second-order valence-corrected chi connectivity index (χ2v) is 9.14. The molecule has 2 aromatic carbocycles. The molecule has 13 heteroatoms. The van der Waals surface area contributed by atoms with Crippen molar-refractivity contribution in [2.45, 2.75) is 15.5 Å². The topological polar surface area (TPSA) is 102 Å². The number of nitrogens with zero attached hydrogens (tertiary/aromatic N) is 1. The van der Waals surface area contributed by atoms with Crippen LogP contribution in [0, 0.1) is 0 Å². The number of carbonyl (C=O) groups is 2. The number of esters is 1.